The Kier molecular flexibility index (Phi) is 4.53. The van der Waals surface area contributed by atoms with Crippen molar-refractivity contribution in [2.45, 2.75) is 31.7 Å². The van der Waals surface area contributed by atoms with Gasteiger partial charge in [-0.3, -0.25) is 4.79 Å². The zero-order chi connectivity index (χ0) is 15.5. The summed E-state index contributed by atoms with van der Waals surface area (Å²) >= 11 is 0. The van der Waals surface area contributed by atoms with E-state index < -0.39 is 17.9 Å². The molecule has 0 atom stereocenters. The molecule has 1 aromatic rings. The highest BCUT2D eigenvalue weighted by Gasteiger charge is 2.38. The van der Waals surface area contributed by atoms with Crippen LogP contribution in [-0.2, 0) is 20.7 Å². The largest absolute Gasteiger partial charge is 0.471 e. The Morgan fingerprint density at radius 3 is 2.62 bits per heavy atom. The summed E-state index contributed by atoms with van der Waals surface area (Å²) in [4.78, 5) is 10.9. The van der Waals surface area contributed by atoms with E-state index in [9.17, 15) is 18.0 Å². The van der Waals surface area contributed by atoms with Crippen molar-refractivity contribution in [1.29, 1.82) is 0 Å². The summed E-state index contributed by atoms with van der Waals surface area (Å²) in [7, 11) is 0. The second-order valence-electron chi connectivity index (χ2n) is 4.98. The lowest BCUT2D eigenvalue weighted by molar-refractivity contribution is -0.167. The number of amides is 1. The molecule has 1 heterocycles. The number of hydrogen-bond acceptors (Lipinski definition) is 3. The monoisotopic (exact) mass is 303 g/mol. The van der Waals surface area contributed by atoms with E-state index in [0.717, 1.165) is 5.56 Å². The minimum atomic E-state index is -4.89. The highest BCUT2D eigenvalue weighted by Crippen LogP contribution is 2.25. The molecular formula is C14H16F3NO3. The molecule has 116 valence electrons. The van der Waals surface area contributed by atoms with Gasteiger partial charge in [-0.1, -0.05) is 12.1 Å². The fourth-order valence-electron chi connectivity index (χ4n) is 2.08. The van der Waals surface area contributed by atoms with Crippen LogP contribution in [0.3, 0.4) is 0 Å². The Bertz CT molecular complexity index is 510. The van der Waals surface area contributed by atoms with Gasteiger partial charge >= 0.3 is 12.1 Å². The lowest BCUT2D eigenvalue weighted by Gasteiger charge is -2.22. The van der Waals surface area contributed by atoms with E-state index in [1.807, 2.05) is 12.2 Å². The smallest absolute Gasteiger partial charge is 0.348 e. The van der Waals surface area contributed by atoms with Crippen LogP contribution in [0.15, 0.2) is 24.3 Å². The van der Waals surface area contributed by atoms with Gasteiger partial charge in [0.2, 0.25) is 0 Å². The number of hydrogen-bond donors (Lipinski definition) is 1. The average molecular weight is 303 g/mol. The molecule has 1 aliphatic rings. The predicted octanol–water partition coefficient (Wildman–Crippen LogP) is 2.88. The van der Waals surface area contributed by atoms with Gasteiger partial charge < -0.3 is 14.8 Å². The van der Waals surface area contributed by atoms with E-state index in [1.54, 1.807) is 12.1 Å². The standard InChI is InChI=1S/C14H16F3NO3/c1-13(20-7-8-21-13)6-5-10-3-2-4-11(9-10)18-12(19)14(15,16)17/h2-4,9H,5-8H2,1H3,(H,18,19). The molecule has 1 N–H and O–H groups in total. The second-order valence-corrected chi connectivity index (χ2v) is 4.98. The molecule has 2 rings (SSSR count). The molecule has 0 unspecified atom stereocenters. The van der Waals surface area contributed by atoms with Crippen LogP contribution in [0.4, 0.5) is 18.9 Å². The third-order valence-corrected chi connectivity index (χ3v) is 3.21. The van der Waals surface area contributed by atoms with Crippen molar-refractivity contribution in [1.82, 2.24) is 0 Å². The molecular weight excluding hydrogens is 287 g/mol. The molecule has 1 aliphatic heterocycles. The Labute approximate surface area is 120 Å². The van der Waals surface area contributed by atoms with Crippen molar-refractivity contribution in [3.8, 4) is 0 Å². The molecule has 1 fully saturated rings. The number of nitrogens with one attached hydrogen (secondary N) is 1. The molecule has 1 amide bonds. The first-order valence-corrected chi connectivity index (χ1v) is 6.54. The summed E-state index contributed by atoms with van der Waals surface area (Å²) in [6, 6.07) is 6.31. The molecule has 7 heteroatoms. The van der Waals surface area contributed by atoms with Crippen LogP contribution in [0.5, 0.6) is 0 Å². The number of ether oxygens (including phenoxy) is 2. The molecule has 1 saturated heterocycles. The minimum absolute atomic E-state index is 0.119. The third kappa shape index (κ3) is 4.44. The van der Waals surface area contributed by atoms with E-state index in [2.05, 4.69) is 0 Å². The molecule has 0 radical (unpaired) electrons. The van der Waals surface area contributed by atoms with Gasteiger partial charge in [-0.05, 0) is 31.0 Å². The highest BCUT2D eigenvalue weighted by molar-refractivity contribution is 5.94. The maximum Gasteiger partial charge on any atom is 0.471 e. The van der Waals surface area contributed by atoms with Gasteiger partial charge in [0.05, 0.1) is 13.2 Å². The van der Waals surface area contributed by atoms with E-state index in [0.29, 0.717) is 26.1 Å². The van der Waals surface area contributed by atoms with Crippen LogP contribution in [-0.4, -0.2) is 31.1 Å². The van der Waals surface area contributed by atoms with Crippen LogP contribution >= 0.6 is 0 Å². The van der Waals surface area contributed by atoms with Gasteiger partial charge in [0.25, 0.3) is 0 Å². The first kappa shape index (κ1) is 15.8. The summed E-state index contributed by atoms with van der Waals surface area (Å²) < 4.78 is 47.5. The average Bonchev–Trinajstić information content (AvgIpc) is 2.83. The van der Waals surface area contributed by atoms with Crippen molar-refractivity contribution in [3.05, 3.63) is 29.8 Å². The number of anilines is 1. The van der Waals surface area contributed by atoms with Crippen LogP contribution in [0.1, 0.15) is 18.9 Å². The summed E-state index contributed by atoms with van der Waals surface area (Å²) in [5, 5.41) is 1.83. The van der Waals surface area contributed by atoms with Gasteiger partial charge in [-0.25, -0.2) is 0 Å². The Morgan fingerprint density at radius 1 is 1.33 bits per heavy atom. The van der Waals surface area contributed by atoms with Gasteiger partial charge in [0.1, 0.15) is 0 Å². The lowest BCUT2D eigenvalue weighted by atomic mass is 10.0. The zero-order valence-electron chi connectivity index (χ0n) is 11.5. The van der Waals surface area contributed by atoms with Crippen LogP contribution < -0.4 is 5.32 Å². The normalized spacial score (nSPS) is 17.7. The minimum Gasteiger partial charge on any atom is -0.348 e. The van der Waals surface area contributed by atoms with Crippen molar-refractivity contribution < 1.29 is 27.4 Å². The van der Waals surface area contributed by atoms with Crippen molar-refractivity contribution in [2.75, 3.05) is 18.5 Å². The topological polar surface area (TPSA) is 47.6 Å². The molecule has 0 bridgehead atoms. The van der Waals surface area contributed by atoms with Crippen molar-refractivity contribution in [2.24, 2.45) is 0 Å². The van der Waals surface area contributed by atoms with E-state index in [-0.39, 0.29) is 5.69 Å². The molecule has 0 saturated carbocycles. The fourth-order valence-corrected chi connectivity index (χ4v) is 2.08. The van der Waals surface area contributed by atoms with Crippen LogP contribution in [0, 0.1) is 0 Å². The SMILES string of the molecule is CC1(CCc2cccc(NC(=O)C(F)(F)F)c2)OCCO1. The number of halogens is 3. The second kappa shape index (κ2) is 6.03. The molecule has 21 heavy (non-hydrogen) atoms. The van der Waals surface area contributed by atoms with Gasteiger partial charge in [-0.2, -0.15) is 13.2 Å². The maximum atomic E-state index is 12.2. The number of aryl methyl sites for hydroxylation is 1. The zero-order valence-corrected chi connectivity index (χ0v) is 11.5. The number of carbonyl (C=O) groups excluding carboxylic acids is 1. The summed E-state index contributed by atoms with van der Waals surface area (Å²) in [6.45, 7) is 2.91. The summed E-state index contributed by atoms with van der Waals surface area (Å²) in [6.07, 6.45) is -3.73. The summed E-state index contributed by atoms with van der Waals surface area (Å²) in [5.41, 5.74) is 0.920. The lowest BCUT2D eigenvalue weighted by Crippen LogP contribution is -2.30. The van der Waals surface area contributed by atoms with Crippen LogP contribution in [0.25, 0.3) is 0 Å². The maximum absolute atomic E-state index is 12.2. The molecule has 0 aliphatic carbocycles. The number of carbonyl (C=O) groups is 1. The van der Waals surface area contributed by atoms with Crippen molar-refractivity contribution >= 4 is 11.6 Å². The first-order valence-electron chi connectivity index (χ1n) is 6.54. The predicted molar refractivity (Wildman–Crippen MR) is 69.8 cm³/mol. The van der Waals surface area contributed by atoms with Crippen LogP contribution in [0.2, 0.25) is 0 Å². The summed E-state index contributed by atoms with van der Waals surface area (Å²) in [5.74, 6) is -2.63. The van der Waals surface area contributed by atoms with Crippen molar-refractivity contribution in [3.63, 3.8) is 0 Å². The highest BCUT2D eigenvalue weighted by atomic mass is 19.4. The number of alkyl halides is 3. The van der Waals surface area contributed by atoms with Gasteiger partial charge in [-0.15, -0.1) is 0 Å². The molecule has 4 nitrogen and oxygen atoms in total. The third-order valence-electron chi connectivity index (χ3n) is 3.21. The molecule has 1 aromatic carbocycles. The molecule has 0 aromatic heterocycles. The quantitative estimate of drug-likeness (QED) is 0.930. The van der Waals surface area contributed by atoms with E-state index in [1.165, 1.54) is 12.1 Å². The van der Waals surface area contributed by atoms with Gasteiger partial charge in [0, 0.05) is 12.1 Å². The Morgan fingerprint density at radius 2 is 2.00 bits per heavy atom. The van der Waals surface area contributed by atoms with E-state index >= 15 is 0 Å². The number of benzene rings is 1. The Hall–Kier alpha value is -1.60. The fraction of sp³-hybridized carbons (Fsp3) is 0.500. The number of rotatable bonds is 4. The molecule has 0 spiro atoms. The first-order chi connectivity index (χ1) is 9.78. The van der Waals surface area contributed by atoms with Gasteiger partial charge in [0.15, 0.2) is 5.79 Å². The Balaban J connectivity index is 1.96. The van der Waals surface area contributed by atoms with E-state index in [4.69, 9.17) is 9.47 Å².